The van der Waals surface area contributed by atoms with E-state index < -0.39 is 0 Å². The van der Waals surface area contributed by atoms with Crippen molar-refractivity contribution in [3.8, 4) is 0 Å². The number of hydrogen-bond donors (Lipinski definition) is 1. The van der Waals surface area contributed by atoms with Crippen LogP contribution in [0.1, 0.15) is 25.9 Å². The molecule has 1 N–H and O–H groups in total. The molecule has 0 spiro atoms. The Morgan fingerprint density at radius 3 is 3.24 bits per heavy atom. The summed E-state index contributed by atoms with van der Waals surface area (Å²) >= 11 is 5.96. The highest BCUT2D eigenvalue weighted by Crippen LogP contribution is 2.25. The molecule has 1 fully saturated rings. The highest BCUT2D eigenvalue weighted by Gasteiger charge is 2.22. The van der Waals surface area contributed by atoms with E-state index in [-0.39, 0.29) is 6.17 Å². The van der Waals surface area contributed by atoms with Gasteiger partial charge in [0.15, 0.2) is 0 Å². The van der Waals surface area contributed by atoms with Crippen LogP contribution >= 0.6 is 11.6 Å². The molecule has 1 aliphatic heterocycles. The molecule has 2 aromatic heterocycles. The van der Waals surface area contributed by atoms with Crippen molar-refractivity contribution in [2.45, 2.75) is 25.9 Å². The summed E-state index contributed by atoms with van der Waals surface area (Å²) in [6, 6.07) is 1.87. The molecule has 6 heteroatoms. The Balaban J connectivity index is 2.01. The fourth-order valence-electron chi connectivity index (χ4n) is 2.30. The van der Waals surface area contributed by atoms with Gasteiger partial charge in [0.1, 0.15) is 11.7 Å². The van der Waals surface area contributed by atoms with Crippen LogP contribution in [0.25, 0.3) is 11.2 Å². The molecule has 0 aromatic carbocycles. The van der Waals surface area contributed by atoms with E-state index in [0.29, 0.717) is 16.6 Å². The van der Waals surface area contributed by atoms with Crippen LogP contribution in [-0.4, -0.2) is 26.5 Å². The fourth-order valence-corrected chi connectivity index (χ4v) is 2.45. The third-order valence-corrected chi connectivity index (χ3v) is 3.44. The summed E-state index contributed by atoms with van der Waals surface area (Å²) in [5.41, 5.74) is 1.54. The summed E-state index contributed by atoms with van der Waals surface area (Å²) in [5, 5.41) is 12.3. The van der Waals surface area contributed by atoms with Gasteiger partial charge >= 0.3 is 0 Å². The first-order valence-corrected chi connectivity index (χ1v) is 6.21. The van der Waals surface area contributed by atoms with E-state index in [2.05, 4.69) is 27.5 Å². The lowest BCUT2D eigenvalue weighted by Gasteiger charge is -2.28. The van der Waals surface area contributed by atoms with Crippen LogP contribution in [0.2, 0.25) is 5.02 Å². The fraction of sp³-hybridized carbons (Fsp3) is 0.545. The van der Waals surface area contributed by atoms with Crippen molar-refractivity contribution in [3.05, 3.63) is 17.3 Å². The lowest BCUT2D eigenvalue weighted by molar-refractivity contribution is 0.245. The third kappa shape index (κ3) is 2.00. The van der Waals surface area contributed by atoms with Crippen molar-refractivity contribution in [1.29, 1.82) is 0 Å². The number of nitrogens with one attached hydrogen (secondary N) is 1. The van der Waals surface area contributed by atoms with Crippen molar-refractivity contribution >= 4 is 22.8 Å². The normalized spacial score (nSPS) is 25.3. The van der Waals surface area contributed by atoms with Gasteiger partial charge in [0.25, 0.3) is 0 Å². The van der Waals surface area contributed by atoms with Gasteiger partial charge in [0.2, 0.25) is 5.65 Å². The molecular formula is C11H14ClN5. The lowest BCUT2D eigenvalue weighted by Crippen LogP contribution is -2.35. The van der Waals surface area contributed by atoms with Gasteiger partial charge in [-0.1, -0.05) is 23.7 Å². The standard InChI is InChI=1S/C11H14ClN5/c1-7-2-3-13-10(4-7)17-9-5-8(12)6-14-11(9)15-16-17/h5-7,10,13H,2-4H2,1H3. The molecule has 0 radical (unpaired) electrons. The van der Waals surface area contributed by atoms with E-state index in [9.17, 15) is 0 Å². The average Bonchev–Trinajstić information content (AvgIpc) is 2.71. The number of aromatic nitrogens is 4. The summed E-state index contributed by atoms with van der Waals surface area (Å²) in [6.07, 6.45) is 4.07. The SMILES string of the molecule is CC1CCNC(n2nnc3ncc(Cl)cc32)C1. The third-order valence-electron chi connectivity index (χ3n) is 3.23. The number of piperidine rings is 1. The van der Waals surface area contributed by atoms with Crippen LogP contribution in [-0.2, 0) is 0 Å². The van der Waals surface area contributed by atoms with Gasteiger partial charge in [-0.3, -0.25) is 5.32 Å². The predicted molar refractivity (Wildman–Crippen MR) is 65.8 cm³/mol. The quantitative estimate of drug-likeness (QED) is 0.842. The van der Waals surface area contributed by atoms with Gasteiger partial charge < -0.3 is 0 Å². The van der Waals surface area contributed by atoms with E-state index in [1.165, 1.54) is 6.42 Å². The molecule has 0 amide bonds. The minimum absolute atomic E-state index is 0.198. The molecule has 2 atom stereocenters. The molecule has 90 valence electrons. The number of fused-ring (bicyclic) bond motifs is 1. The summed E-state index contributed by atoms with van der Waals surface area (Å²) in [4.78, 5) is 4.16. The molecule has 2 aromatic rings. The van der Waals surface area contributed by atoms with Crippen LogP contribution in [0.15, 0.2) is 12.3 Å². The smallest absolute Gasteiger partial charge is 0.201 e. The zero-order valence-corrected chi connectivity index (χ0v) is 10.4. The highest BCUT2D eigenvalue weighted by atomic mass is 35.5. The first-order valence-electron chi connectivity index (χ1n) is 5.84. The van der Waals surface area contributed by atoms with Crippen molar-refractivity contribution < 1.29 is 0 Å². The summed E-state index contributed by atoms with van der Waals surface area (Å²) < 4.78 is 1.89. The molecule has 17 heavy (non-hydrogen) atoms. The van der Waals surface area contributed by atoms with E-state index in [4.69, 9.17) is 11.6 Å². The summed E-state index contributed by atoms with van der Waals surface area (Å²) in [5.74, 6) is 0.702. The molecular weight excluding hydrogens is 238 g/mol. The topological polar surface area (TPSA) is 55.6 Å². The highest BCUT2D eigenvalue weighted by molar-refractivity contribution is 6.31. The largest absolute Gasteiger partial charge is 0.296 e. The Kier molecular flexibility index (Phi) is 2.72. The number of nitrogens with zero attached hydrogens (tertiary/aromatic N) is 4. The van der Waals surface area contributed by atoms with E-state index in [1.807, 2.05) is 10.7 Å². The van der Waals surface area contributed by atoms with Crippen LogP contribution in [0.3, 0.4) is 0 Å². The zero-order chi connectivity index (χ0) is 11.8. The van der Waals surface area contributed by atoms with Gasteiger partial charge in [-0.15, -0.1) is 5.10 Å². The van der Waals surface area contributed by atoms with Gasteiger partial charge in [0, 0.05) is 6.20 Å². The first-order chi connectivity index (χ1) is 8.24. The van der Waals surface area contributed by atoms with E-state index >= 15 is 0 Å². The second-order valence-corrected chi connectivity index (χ2v) is 5.07. The maximum Gasteiger partial charge on any atom is 0.201 e. The maximum absolute atomic E-state index is 5.96. The Hall–Kier alpha value is -1.20. The molecule has 0 bridgehead atoms. The van der Waals surface area contributed by atoms with Crippen molar-refractivity contribution in [2.24, 2.45) is 5.92 Å². The summed E-state index contributed by atoms with van der Waals surface area (Å²) in [7, 11) is 0. The van der Waals surface area contributed by atoms with Crippen LogP contribution in [0, 0.1) is 5.92 Å². The first kappa shape index (κ1) is 10.9. The van der Waals surface area contributed by atoms with Gasteiger partial charge in [0.05, 0.1) is 5.02 Å². The van der Waals surface area contributed by atoms with Crippen molar-refractivity contribution in [2.75, 3.05) is 6.54 Å². The molecule has 5 nitrogen and oxygen atoms in total. The summed E-state index contributed by atoms with van der Waals surface area (Å²) in [6.45, 7) is 3.28. The Bertz CT molecular complexity index is 538. The Morgan fingerprint density at radius 2 is 2.41 bits per heavy atom. The van der Waals surface area contributed by atoms with Crippen LogP contribution in [0.5, 0.6) is 0 Å². The molecule has 3 heterocycles. The van der Waals surface area contributed by atoms with Crippen LogP contribution in [0.4, 0.5) is 0 Å². The minimum Gasteiger partial charge on any atom is -0.296 e. The van der Waals surface area contributed by atoms with Gasteiger partial charge in [-0.05, 0) is 31.4 Å². The monoisotopic (exact) mass is 251 g/mol. The molecule has 1 saturated heterocycles. The van der Waals surface area contributed by atoms with Crippen LogP contribution < -0.4 is 5.32 Å². The van der Waals surface area contributed by atoms with E-state index in [0.717, 1.165) is 18.5 Å². The minimum atomic E-state index is 0.198. The average molecular weight is 252 g/mol. The second-order valence-electron chi connectivity index (χ2n) is 4.63. The second kappa shape index (κ2) is 4.23. The molecule has 0 aliphatic carbocycles. The molecule has 1 aliphatic rings. The predicted octanol–water partition coefficient (Wildman–Crippen LogP) is 2.00. The van der Waals surface area contributed by atoms with Crippen molar-refractivity contribution in [1.82, 2.24) is 25.3 Å². The molecule has 2 unspecified atom stereocenters. The Labute approximate surface area is 104 Å². The van der Waals surface area contributed by atoms with Gasteiger partial charge in [-0.25, -0.2) is 9.67 Å². The van der Waals surface area contributed by atoms with Crippen molar-refractivity contribution in [3.63, 3.8) is 0 Å². The molecule has 3 rings (SSSR count). The zero-order valence-electron chi connectivity index (χ0n) is 9.60. The maximum atomic E-state index is 5.96. The Morgan fingerprint density at radius 1 is 1.53 bits per heavy atom. The molecule has 0 saturated carbocycles. The number of hydrogen-bond acceptors (Lipinski definition) is 4. The number of rotatable bonds is 1. The number of pyridine rings is 1. The number of halogens is 1. The van der Waals surface area contributed by atoms with E-state index in [1.54, 1.807) is 6.20 Å². The van der Waals surface area contributed by atoms with Gasteiger partial charge in [-0.2, -0.15) is 0 Å². The lowest BCUT2D eigenvalue weighted by atomic mass is 9.98.